The SMILES string of the molecule is CC(C)(C)c1nn(C2CCCCC2O)c(N)c1Cl. The van der Waals surface area contributed by atoms with Gasteiger partial charge in [-0.1, -0.05) is 45.2 Å². The molecular weight excluding hydrogens is 250 g/mol. The molecule has 4 nitrogen and oxygen atoms in total. The summed E-state index contributed by atoms with van der Waals surface area (Å²) in [6, 6.07) is -0.0349. The lowest BCUT2D eigenvalue weighted by atomic mass is 9.92. The van der Waals surface area contributed by atoms with Crippen molar-refractivity contribution in [2.24, 2.45) is 0 Å². The Balaban J connectivity index is 2.40. The average Bonchev–Trinajstić information content (AvgIpc) is 2.57. The molecule has 0 spiro atoms. The van der Waals surface area contributed by atoms with E-state index in [1.807, 2.05) is 0 Å². The molecule has 1 aromatic rings. The van der Waals surface area contributed by atoms with Gasteiger partial charge in [0.2, 0.25) is 0 Å². The Hall–Kier alpha value is -0.740. The summed E-state index contributed by atoms with van der Waals surface area (Å²) in [6.07, 6.45) is 3.52. The summed E-state index contributed by atoms with van der Waals surface area (Å²) in [4.78, 5) is 0. The second kappa shape index (κ2) is 4.74. The molecule has 18 heavy (non-hydrogen) atoms. The normalized spacial score (nSPS) is 25.4. The van der Waals surface area contributed by atoms with Gasteiger partial charge in [-0.25, -0.2) is 4.68 Å². The predicted octanol–water partition coefficient (Wildman–Crippen LogP) is 2.89. The number of nitrogens with zero attached hydrogens (tertiary/aromatic N) is 2. The first-order valence-corrected chi connectivity index (χ1v) is 6.92. The Labute approximate surface area is 113 Å². The van der Waals surface area contributed by atoms with Crippen molar-refractivity contribution in [1.82, 2.24) is 9.78 Å². The van der Waals surface area contributed by atoms with Crippen LogP contribution in [0.3, 0.4) is 0 Å². The summed E-state index contributed by atoms with van der Waals surface area (Å²) in [5.41, 5.74) is 6.71. The van der Waals surface area contributed by atoms with Crippen LogP contribution in [0.2, 0.25) is 5.02 Å². The molecule has 2 rings (SSSR count). The van der Waals surface area contributed by atoms with Gasteiger partial charge in [0.1, 0.15) is 10.8 Å². The number of halogens is 1. The molecule has 0 aliphatic heterocycles. The quantitative estimate of drug-likeness (QED) is 0.825. The number of rotatable bonds is 1. The van der Waals surface area contributed by atoms with E-state index in [0.717, 1.165) is 31.4 Å². The van der Waals surface area contributed by atoms with Crippen LogP contribution in [0.15, 0.2) is 0 Å². The lowest BCUT2D eigenvalue weighted by molar-refractivity contribution is 0.0702. The molecule has 1 aromatic heterocycles. The van der Waals surface area contributed by atoms with E-state index < -0.39 is 0 Å². The maximum absolute atomic E-state index is 10.1. The molecule has 102 valence electrons. The summed E-state index contributed by atoms with van der Waals surface area (Å²) >= 11 is 6.28. The van der Waals surface area contributed by atoms with Crippen LogP contribution in [0, 0.1) is 0 Å². The smallest absolute Gasteiger partial charge is 0.141 e. The van der Waals surface area contributed by atoms with Crippen molar-refractivity contribution >= 4 is 17.4 Å². The highest BCUT2D eigenvalue weighted by Crippen LogP contribution is 2.37. The highest BCUT2D eigenvalue weighted by atomic mass is 35.5. The third-order valence-corrected chi connectivity index (χ3v) is 3.98. The van der Waals surface area contributed by atoms with E-state index >= 15 is 0 Å². The van der Waals surface area contributed by atoms with Crippen molar-refractivity contribution in [1.29, 1.82) is 0 Å². The van der Waals surface area contributed by atoms with E-state index in [-0.39, 0.29) is 17.6 Å². The Bertz CT molecular complexity index is 436. The van der Waals surface area contributed by atoms with Crippen LogP contribution in [-0.2, 0) is 5.41 Å². The van der Waals surface area contributed by atoms with E-state index in [1.54, 1.807) is 4.68 Å². The number of anilines is 1. The zero-order valence-corrected chi connectivity index (χ0v) is 12.0. The van der Waals surface area contributed by atoms with Gasteiger partial charge in [-0.3, -0.25) is 0 Å². The van der Waals surface area contributed by atoms with Crippen molar-refractivity contribution in [2.75, 3.05) is 5.73 Å². The molecule has 1 saturated carbocycles. The molecule has 1 aliphatic rings. The number of hydrogen-bond donors (Lipinski definition) is 2. The van der Waals surface area contributed by atoms with E-state index in [4.69, 9.17) is 17.3 Å². The first-order valence-electron chi connectivity index (χ1n) is 6.54. The number of nitrogen functional groups attached to an aromatic ring is 1. The minimum atomic E-state index is -0.371. The average molecular weight is 272 g/mol. The van der Waals surface area contributed by atoms with Gasteiger partial charge in [-0.15, -0.1) is 0 Å². The second-order valence-corrected chi connectivity index (χ2v) is 6.54. The molecule has 0 bridgehead atoms. The lowest BCUT2D eigenvalue weighted by Crippen LogP contribution is -2.29. The van der Waals surface area contributed by atoms with E-state index in [2.05, 4.69) is 25.9 Å². The minimum Gasteiger partial charge on any atom is -0.391 e. The third-order valence-electron chi connectivity index (χ3n) is 3.61. The Kier molecular flexibility index (Phi) is 3.60. The largest absolute Gasteiger partial charge is 0.391 e. The summed E-state index contributed by atoms with van der Waals surface area (Å²) < 4.78 is 1.73. The Morgan fingerprint density at radius 1 is 1.33 bits per heavy atom. The minimum absolute atomic E-state index is 0.0349. The summed E-state index contributed by atoms with van der Waals surface area (Å²) in [7, 11) is 0. The van der Waals surface area contributed by atoms with Crippen LogP contribution < -0.4 is 5.73 Å². The third kappa shape index (κ3) is 2.36. The molecule has 0 saturated heterocycles. The first-order chi connectivity index (χ1) is 8.32. The van der Waals surface area contributed by atoms with Crippen molar-refractivity contribution in [3.8, 4) is 0 Å². The van der Waals surface area contributed by atoms with Gasteiger partial charge in [-0.2, -0.15) is 5.10 Å². The monoisotopic (exact) mass is 271 g/mol. The van der Waals surface area contributed by atoms with Crippen LogP contribution >= 0.6 is 11.6 Å². The number of nitrogens with two attached hydrogens (primary N) is 1. The number of aromatic nitrogens is 2. The van der Waals surface area contributed by atoms with Gasteiger partial charge < -0.3 is 10.8 Å². The zero-order chi connectivity index (χ0) is 13.5. The highest BCUT2D eigenvalue weighted by Gasteiger charge is 2.31. The van der Waals surface area contributed by atoms with Gasteiger partial charge in [0, 0.05) is 5.41 Å². The van der Waals surface area contributed by atoms with Crippen molar-refractivity contribution in [3.05, 3.63) is 10.7 Å². The fourth-order valence-electron chi connectivity index (χ4n) is 2.54. The molecule has 0 aromatic carbocycles. The topological polar surface area (TPSA) is 64.1 Å². The van der Waals surface area contributed by atoms with Crippen LogP contribution in [0.1, 0.15) is 58.2 Å². The van der Waals surface area contributed by atoms with Gasteiger partial charge >= 0.3 is 0 Å². The standard InChI is InChI=1S/C13H22ClN3O/c1-13(2,3)11-10(14)12(15)17(16-11)8-6-4-5-7-9(8)18/h8-9,18H,4-7,15H2,1-3H3. The molecule has 1 fully saturated rings. The molecule has 3 N–H and O–H groups in total. The summed E-state index contributed by atoms with van der Waals surface area (Å²) in [6.45, 7) is 6.17. The fraction of sp³-hybridized carbons (Fsp3) is 0.769. The molecule has 2 atom stereocenters. The molecule has 5 heteroatoms. The number of hydrogen-bond acceptors (Lipinski definition) is 3. The summed E-state index contributed by atoms with van der Waals surface area (Å²) in [5, 5.41) is 15.2. The molecule has 0 radical (unpaired) electrons. The van der Waals surface area contributed by atoms with Gasteiger partial charge in [0.05, 0.1) is 17.8 Å². The van der Waals surface area contributed by atoms with Crippen molar-refractivity contribution in [2.45, 2.75) is 64.0 Å². The highest BCUT2D eigenvalue weighted by molar-refractivity contribution is 6.33. The maximum atomic E-state index is 10.1. The van der Waals surface area contributed by atoms with Crippen LogP contribution in [0.25, 0.3) is 0 Å². The van der Waals surface area contributed by atoms with Crippen molar-refractivity contribution < 1.29 is 5.11 Å². The molecule has 2 unspecified atom stereocenters. The van der Waals surface area contributed by atoms with Gasteiger partial charge in [-0.05, 0) is 12.8 Å². The summed E-state index contributed by atoms with van der Waals surface area (Å²) in [5.74, 6) is 0.479. The van der Waals surface area contributed by atoms with E-state index in [9.17, 15) is 5.11 Å². The Morgan fingerprint density at radius 2 is 1.94 bits per heavy atom. The lowest BCUT2D eigenvalue weighted by Gasteiger charge is -2.28. The predicted molar refractivity (Wildman–Crippen MR) is 73.9 cm³/mol. The van der Waals surface area contributed by atoms with Crippen molar-refractivity contribution in [3.63, 3.8) is 0 Å². The van der Waals surface area contributed by atoms with E-state index in [0.29, 0.717) is 10.8 Å². The molecule has 1 heterocycles. The van der Waals surface area contributed by atoms with Crippen LogP contribution in [0.5, 0.6) is 0 Å². The fourth-order valence-corrected chi connectivity index (χ4v) is 2.94. The molecule has 1 aliphatic carbocycles. The van der Waals surface area contributed by atoms with Crippen LogP contribution in [0.4, 0.5) is 5.82 Å². The molecular formula is C13H22ClN3O. The maximum Gasteiger partial charge on any atom is 0.141 e. The number of aliphatic hydroxyl groups excluding tert-OH is 1. The first kappa shape index (κ1) is 13.7. The number of aliphatic hydroxyl groups is 1. The van der Waals surface area contributed by atoms with E-state index in [1.165, 1.54) is 0 Å². The van der Waals surface area contributed by atoms with Gasteiger partial charge in [0.25, 0.3) is 0 Å². The second-order valence-electron chi connectivity index (χ2n) is 6.16. The Morgan fingerprint density at radius 3 is 2.44 bits per heavy atom. The van der Waals surface area contributed by atoms with Crippen LogP contribution in [-0.4, -0.2) is 21.0 Å². The molecule has 0 amide bonds. The van der Waals surface area contributed by atoms with Gasteiger partial charge in [0.15, 0.2) is 0 Å². The zero-order valence-electron chi connectivity index (χ0n) is 11.3.